The van der Waals surface area contributed by atoms with Gasteiger partial charge in [-0.15, -0.1) is 0 Å². The maximum absolute atomic E-state index is 13.8. The molecule has 3 aromatic carbocycles. The number of Topliss-reactive ketones (excluding diaryl/α,β-unsaturated/α-hetero) is 1. The van der Waals surface area contributed by atoms with Crippen molar-refractivity contribution in [2.75, 3.05) is 43.7 Å². The first-order valence-electron chi connectivity index (χ1n) is 14.8. The molecule has 0 aliphatic carbocycles. The number of amides is 1. The number of ether oxygens (including phenoxy) is 2. The Morgan fingerprint density at radius 3 is 2.44 bits per heavy atom. The van der Waals surface area contributed by atoms with E-state index in [0.717, 1.165) is 16.8 Å². The number of benzene rings is 3. The molecule has 0 unspecified atom stereocenters. The Kier molecular flexibility index (Phi) is 8.29. The number of rotatable bonds is 8. The van der Waals surface area contributed by atoms with Crippen LogP contribution in [0.4, 0.5) is 17.3 Å². The quantitative estimate of drug-likeness (QED) is 0.185. The van der Waals surface area contributed by atoms with Gasteiger partial charge in [-0.05, 0) is 29.7 Å². The Bertz CT molecular complexity index is 1840. The van der Waals surface area contributed by atoms with Gasteiger partial charge in [0.1, 0.15) is 17.9 Å². The number of anilines is 3. The van der Waals surface area contributed by atoms with E-state index in [9.17, 15) is 9.59 Å². The summed E-state index contributed by atoms with van der Waals surface area (Å²) in [5, 5.41) is 13.3. The molecule has 0 bridgehead atoms. The minimum Gasteiger partial charge on any atom is -0.497 e. The van der Waals surface area contributed by atoms with Crippen molar-refractivity contribution < 1.29 is 19.1 Å². The van der Waals surface area contributed by atoms with Crippen molar-refractivity contribution in [2.45, 2.75) is 26.2 Å². The van der Waals surface area contributed by atoms with Gasteiger partial charge >= 0.3 is 0 Å². The van der Waals surface area contributed by atoms with Crippen LogP contribution < -0.4 is 15.1 Å². The molecule has 2 aromatic heterocycles. The topological polar surface area (TPSA) is 115 Å². The molecular weight excluding hydrogens is 570 g/mol. The summed E-state index contributed by atoms with van der Waals surface area (Å²) in [5.74, 6) is 0.295. The van der Waals surface area contributed by atoms with Crippen molar-refractivity contribution in [3.05, 3.63) is 96.6 Å². The minimum atomic E-state index is -0.766. The summed E-state index contributed by atoms with van der Waals surface area (Å²) in [6.07, 6.45) is 3.20. The molecule has 0 atom stereocenters. The number of morpholine rings is 1. The highest BCUT2D eigenvalue weighted by Gasteiger charge is 2.28. The summed E-state index contributed by atoms with van der Waals surface area (Å²) < 4.78 is 12.6. The number of hydrazine groups is 1. The van der Waals surface area contributed by atoms with Crippen LogP contribution >= 0.6 is 0 Å². The molecule has 1 saturated heterocycles. The van der Waals surface area contributed by atoms with Gasteiger partial charge in [0.05, 0.1) is 37.4 Å². The molecule has 230 valence electrons. The van der Waals surface area contributed by atoms with Crippen LogP contribution in [0.25, 0.3) is 16.5 Å². The lowest BCUT2D eigenvalue weighted by molar-refractivity contribution is -0.112. The molecule has 0 saturated carbocycles. The SMILES string of the molecule is COc1cccc(-n2nc(C(C)(C)C)cc2NC(=O)C(=O)c2ccc(N(c3ccncn3)N3CCOCC3)c3ccccc23)c1. The van der Waals surface area contributed by atoms with Crippen molar-refractivity contribution in [3.63, 3.8) is 0 Å². The van der Waals surface area contributed by atoms with Crippen LogP contribution in [-0.4, -0.2) is 69.9 Å². The number of aromatic nitrogens is 4. The van der Waals surface area contributed by atoms with Crippen molar-refractivity contribution in [1.29, 1.82) is 0 Å². The van der Waals surface area contributed by atoms with Crippen LogP contribution in [0.3, 0.4) is 0 Å². The predicted octanol–water partition coefficient (Wildman–Crippen LogP) is 5.33. The van der Waals surface area contributed by atoms with E-state index in [1.165, 1.54) is 6.33 Å². The Morgan fingerprint density at radius 1 is 0.956 bits per heavy atom. The minimum absolute atomic E-state index is 0.292. The van der Waals surface area contributed by atoms with Crippen molar-refractivity contribution in [3.8, 4) is 11.4 Å². The third-order valence-corrected chi connectivity index (χ3v) is 7.65. The van der Waals surface area contributed by atoms with Crippen molar-refractivity contribution in [2.24, 2.45) is 0 Å². The Morgan fingerprint density at radius 2 is 1.73 bits per heavy atom. The summed E-state index contributed by atoms with van der Waals surface area (Å²) >= 11 is 0. The van der Waals surface area contributed by atoms with E-state index in [4.69, 9.17) is 14.6 Å². The second kappa shape index (κ2) is 12.5. The highest BCUT2D eigenvalue weighted by Crippen LogP contribution is 2.35. The molecule has 1 fully saturated rings. The third kappa shape index (κ3) is 6.13. The number of carbonyl (C=O) groups is 2. The van der Waals surface area contributed by atoms with Gasteiger partial charge in [-0.25, -0.2) is 19.7 Å². The maximum Gasteiger partial charge on any atom is 0.297 e. The zero-order valence-corrected chi connectivity index (χ0v) is 25.7. The molecule has 1 N–H and O–H groups in total. The molecule has 45 heavy (non-hydrogen) atoms. The van der Waals surface area contributed by atoms with E-state index in [1.54, 1.807) is 30.1 Å². The number of nitrogens with one attached hydrogen (secondary N) is 1. The van der Waals surface area contributed by atoms with Crippen LogP contribution in [0.5, 0.6) is 5.75 Å². The zero-order valence-electron chi connectivity index (χ0n) is 25.7. The van der Waals surface area contributed by atoms with Gasteiger partial charge in [0.25, 0.3) is 11.7 Å². The highest BCUT2D eigenvalue weighted by molar-refractivity contribution is 6.48. The van der Waals surface area contributed by atoms with Gasteiger partial charge in [0, 0.05) is 53.9 Å². The van der Waals surface area contributed by atoms with Gasteiger partial charge in [-0.3, -0.25) is 14.6 Å². The number of fused-ring (bicyclic) bond motifs is 1. The lowest BCUT2D eigenvalue weighted by Crippen LogP contribution is -2.47. The summed E-state index contributed by atoms with van der Waals surface area (Å²) in [7, 11) is 1.59. The number of carbonyl (C=O) groups excluding carboxylic acids is 2. The lowest BCUT2D eigenvalue weighted by atomic mass is 9.92. The predicted molar refractivity (Wildman–Crippen MR) is 172 cm³/mol. The van der Waals surface area contributed by atoms with E-state index in [-0.39, 0.29) is 5.41 Å². The largest absolute Gasteiger partial charge is 0.497 e. The molecule has 5 aromatic rings. The molecule has 6 rings (SSSR count). The Labute approximate surface area is 261 Å². The van der Waals surface area contributed by atoms with E-state index >= 15 is 0 Å². The van der Waals surface area contributed by atoms with Crippen LogP contribution in [-0.2, 0) is 14.9 Å². The second-order valence-electron chi connectivity index (χ2n) is 11.7. The summed E-state index contributed by atoms with van der Waals surface area (Å²) in [6, 6.07) is 22.1. The average Bonchev–Trinajstić information content (AvgIpc) is 3.50. The smallest absolute Gasteiger partial charge is 0.297 e. The number of hydrogen-bond acceptors (Lipinski definition) is 9. The zero-order chi connectivity index (χ0) is 31.6. The number of nitrogens with zero attached hydrogens (tertiary/aromatic N) is 6. The first-order chi connectivity index (χ1) is 21.7. The average molecular weight is 606 g/mol. The molecule has 11 heteroatoms. The third-order valence-electron chi connectivity index (χ3n) is 7.65. The highest BCUT2D eigenvalue weighted by atomic mass is 16.5. The van der Waals surface area contributed by atoms with E-state index < -0.39 is 11.7 Å². The summed E-state index contributed by atoms with van der Waals surface area (Å²) in [5.41, 5.74) is 2.27. The van der Waals surface area contributed by atoms with Gasteiger partial charge in [-0.2, -0.15) is 5.10 Å². The molecular formula is C34H35N7O4. The molecule has 3 heterocycles. The van der Waals surface area contributed by atoms with Crippen LogP contribution in [0.1, 0.15) is 36.8 Å². The molecule has 1 amide bonds. The summed E-state index contributed by atoms with van der Waals surface area (Å²) in [6.45, 7) is 8.61. The second-order valence-corrected chi connectivity index (χ2v) is 11.7. The fraction of sp³-hybridized carbons (Fsp3) is 0.265. The molecule has 1 aliphatic rings. The van der Waals surface area contributed by atoms with Gasteiger partial charge < -0.3 is 14.8 Å². The summed E-state index contributed by atoms with van der Waals surface area (Å²) in [4.78, 5) is 36.1. The normalized spacial score (nSPS) is 13.9. The Hall–Kier alpha value is -5.13. The maximum atomic E-state index is 13.8. The van der Waals surface area contributed by atoms with E-state index in [2.05, 4.69) is 20.3 Å². The number of ketones is 1. The molecule has 1 aliphatic heterocycles. The first-order valence-corrected chi connectivity index (χ1v) is 14.8. The lowest BCUT2D eigenvalue weighted by Gasteiger charge is -2.38. The van der Waals surface area contributed by atoms with E-state index in [1.807, 2.05) is 86.4 Å². The fourth-order valence-corrected chi connectivity index (χ4v) is 5.32. The fourth-order valence-electron chi connectivity index (χ4n) is 5.32. The molecule has 11 nitrogen and oxygen atoms in total. The van der Waals surface area contributed by atoms with Crippen LogP contribution in [0, 0.1) is 0 Å². The van der Waals surface area contributed by atoms with Gasteiger partial charge in [-0.1, -0.05) is 51.1 Å². The van der Waals surface area contributed by atoms with Gasteiger partial charge in [0.15, 0.2) is 5.82 Å². The monoisotopic (exact) mass is 605 g/mol. The van der Waals surface area contributed by atoms with Crippen molar-refractivity contribution >= 4 is 39.8 Å². The standard InChI is InChI=1S/C34H35N7O4/c1-34(2,3)29-21-31(40(38-29)23-8-7-9-24(20-23)44-4)37-33(43)32(42)27-12-13-28(26-11-6-5-10-25(26)27)41(30-14-15-35-22-36-30)39-16-18-45-19-17-39/h5-15,20-22H,16-19H2,1-4H3,(H,37,43). The molecule has 0 spiro atoms. The van der Waals surface area contributed by atoms with E-state index in [0.29, 0.717) is 60.3 Å². The van der Waals surface area contributed by atoms with Crippen LogP contribution in [0.2, 0.25) is 0 Å². The Balaban J connectivity index is 1.37. The van der Waals surface area contributed by atoms with Crippen LogP contribution in [0.15, 0.2) is 85.3 Å². The number of hydrogen-bond donors (Lipinski definition) is 1. The number of methoxy groups -OCH3 is 1. The van der Waals surface area contributed by atoms with Gasteiger partial charge in [0.2, 0.25) is 0 Å². The first kappa shape index (κ1) is 29.9. The molecule has 0 radical (unpaired) electrons. The van der Waals surface area contributed by atoms with Crippen molar-refractivity contribution in [1.82, 2.24) is 24.8 Å².